The first-order valence-electron chi connectivity index (χ1n) is 7.46. The van der Waals surface area contributed by atoms with Crippen LogP contribution in [0.2, 0.25) is 5.02 Å². The summed E-state index contributed by atoms with van der Waals surface area (Å²) in [5.74, 6) is 0.698. The molecule has 0 spiro atoms. The number of carbonyl (C=O) groups is 1. The number of fused-ring (bicyclic) bond motifs is 1. The number of hydrogen-bond acceptors (Lipinski definition) is 5. The number of nitrogens with one attached hydrogen (secondary N) is 1. The van der Waals surface area contributed by atoms with Gasteiger partial charge in [-0.2, -0.15) is 0 Å². The van der Waals surface area contributed by atoms with E-state index in [2.05, 4.69) is 15.3 Å². The van der Waals surface area contributed by atoms with E-state index >= 15 is 0 Å². The number of esters is 1. The van der Waals surface area contributed by atoms with Gasteiger partial charge in [0.2, 0.25) is 0 Å². The summed E-state index contributed by atoms with van der Waals surface area (Å²) in [6.07, 6.45) is 0. The van der Waals surface area contributed by atoms with Gasteiger partial charge in [-0.15, -0.1) is 0 Å². The van der Waals surface area contributed by atoms with Gasteiger partial charge >= 0.3 is 5.97 Å². The minimum atomic E-state index is -0.535. The van der Waals surface area contributed by atoms with Crippen molar-refractivity contribution in [3.63, 3.8) is 0 Å². The van der Waals surface area contributed by atoms with Gasteiger partial charge in [0.05, 0.1) is 17.6 Å². The molecule has 3 rings (SSSR count). The molecule has 1 atom stereocenters. The van der Waals surface area contributed by atoms with Crippen LogP contribution in [0.15, 0.2) is 48.5 Å². The quantitative estimate of drug-likeness (QED) is 0.728. The Morgan fingerprint density at radius 1 is 1.12 bits per heavy atom. The highest BCUT2D eigenvalue weighted by Gasteiger charge is 2.17. The summed E-state index contributed by atoms with van der Waals surface area (Å²) in [7, 11) is 1.35. The Labute approximate surface area is 144 Å². The molecule has 0 aliphatic rings. The largest absolute Gasteiger partial charge is 0.467 e. The van der Waals surface area contributed by atoms with Crippen molar-refractivity contribution >= 4 is 34.3 Å². The summed E-state index contributed by atoms with van der Waals surface area (Å²) in [6.45, 7) is 1.72. The van der Waals surface area contributed by atoms with Gasteiger partial charge in [0.15, 0.2) is 5.82 Å². The summed E-state index contributed by atoms with van der Waals surface area (Å²) < 4.78 is 4.76. The smallest absolute Gasteiger partial charge is 0.328 e. The number of anilines is 1. The minimum absolute atomic E-state index is 0.364. The van der Waals surface area contributed by atoms with E-state index in [-0.39, 0.29) is 5.97 Å². The number of halogens is 1. The number of hydrogen-bond donors (Lipinski definition) is 1. The zero-order valence-electron chi connectivity index (χ0n) is 13.3. The van der Waals surface area contributed by atoms with Gasteiger partial charge in [0.25, 0.3) is 0 Å². The molecule has 0 saturated heterocycles. The Balaban J connectivity index is 2.13. The zero-order valence-corrected chi connectivity index (χ0v) is 14.0. The molecule has 122 valence electrons. The van der Waals surface area contributed by atoms with Crippen molar-refractivity contribution in [3.8, 4) is 11.4 Å². The van der Waals surface area contributed by atoms with Crippen molar-refractivity contribution < 1.29 is 9.53 Å². The van der Waals surface area contributed by atoms with Crippen molar-refractivity contribution in [2.24, 2.45) is 0 Å². The number of rotatable bonds is 4. The van der Waals surface area contributed by atoms with Crippen LogP contribution < -0.4 is 5.32 Å². The molecule has 0 aliphatic heterocycles. The van der Waals surface area contributed by atoms with Crippen LogP contribution in [-0.2, 0) is 9.53 Å². The first-order chi connectivity index (χ1) is 11.6. The second-order valence-electron chi connectivity index (χ2n) is 5.28. The Bertz CT molecular complexity index is 898. The van der Waals surface area contributed by atoms with Gasteiger partial charge < -0.3 is 10.1 Å². The van der Waals surface area contributed by atoms with E-state index in [1.54, 1.807) is 13.0 Å². The Morgan fingerprint density at radius 2 is 1.83 bits per heavy atom. The van der Waals surface area contributed by atoms with Crippen LogP contribution in [0.3, 0.4) is 0 Å². The van der Waals surface area contributed by atoms with Gasteiger partial charge in [-0.1, -0.05) is 35.9 Å². The van der Waals surface area contributed by atoms with Crippen LogP contribution in [-0.4, -0.2) is 29.1 Å². The number of benzene rings is 2. The second kappa shape index (κ2) is 6.84. The molecular formula is C18H16ClN3O2. The molecule has 0 bridgehead atoms. The monoisotopic (exact) mass is 341 g/mol. The highest BCUT2D eigenvalue weighted by atomic mass is 35.5. The molecule has 24 heavy (non-hydrogen) atoms. The molecule has 0 saturated carbocycles. The second-order valence-corrected chi connectivity index (χ2v) is 5.69. The van der Waals surface area contributed by atoms with E-state index in [4.69, 9.17) is 16.3 Å². The van der Waals surface area contributed by atoms with Gasteiger partial charge in [0, 0.05) is 10.9 Å². The molecule has 0 radical (unpaired) electrons. The summed E-state index contributed by atoms with van der Waals surface area (Å²) in [4.78, 5) is 20.9. The number of methoxy groups -OCH3 is 1. The normalized spacial score (nSPS) is 12.0. The first kappa shape index (κ1) is 16.2. The molecule has 1 unspecified atom stereocenters. The van der Waals surface area contributed by atoms with Crippen LogP contribution in [0.1, 0.15) is 6.92 Å². The van der Waals surface area contributed by atoms with Crippen LogP contribution in [0.4, 0.5) is 5.82 Å². The average Bonchev–Trinajstić information content (AvgIpc) is 2.61. The molecule has 1 N–H and O–H groups in total. The van der Waals surface area contributed by atoms with Gasteiger partial charge in [-0.05, 0) is 31.2 Å². The summed E-state index contributed by atoms with van der Waals surface area (Å²) in [5.41, 5.74) is 1.50. The van der Waals surface area contributed by atoms with E-state index in [9.17, 15) is 4.79 Å². The maximum Gasteiger partial charge on any atom is 0.328 e. The summed E-state index contributed by atoms with van der Waals surface area (Å²) >= 11 is 6.27. The maximum absolute atomic E-state index is 11.7. The molecule has 0 aliphatic carbocycles. The van der Waals surface area contributed by atoms with Crippen molar-refractivity contribution in [2.75, 3.05) is 12.4 Å². The van der Waals surface area contributed by atoms with Crippen molar-refractivity contribution in [1.82, 2.24) is 9.97 Å². The first-order valence-corrected chi connectivity index (χ1v) is 7.84. The van der Waals surface area contributed by atoms with Crippen LogP contribution >= 0.6 is 11.6 Å². The SMILES string of the molecule is COC(=O)C(C)Nc1nc(-c2ccccc2Cl)nc2ccccc12. The maximum atomic E-state index is 11.7. The van der Waals surface area contributed by atoms with E-state index in [0.29, 0.717) is 16.7 Å². The number of ether oxygens (including phenoxy) is 1. The molecular weight excluding hydrogens is 326 g/mol. The standard InChI is InChI=1S/C18H16ClN3O2/c1-11(18(23)24-2)20-17-13-8-4-6-10-15(13)21-16(22-17)12-7-3-5-9-14(12)19/h3-11H,1-2H3,(H,20,21,22). The molecule has 0 fully saturated rings. The molecule has 5 nitrogen and oxygen atoms in total. The highest BCUT2D eigenvalue weighted by Crippen LogP contribution is 2.29. The third kappa shape index (κ3) is 3.16. The lowest BCUT2D eigenvalue weighted by atomic mass is 10.1. The van der Waals surface area contributed by atoms with E-state index < -0.39 is 6.04 Å². The van der Waals surface area contributed by atoms with Crippen LogP contribution in [0.5, 0.6) is 0 Å². The fourth-order valence-corrected chi connectivity index (χ4v) is 2.61. The van der Waals surface area contributed by atoms with Crippen LogP contribution in [0.25, 0.3) is 22.3 Å². The molecule has 1 aromatic heterocycles. The lowest BCUT2D eigenvalue weighted by molar-refractivity contribution is -0.141. The highest BCUT2D eigenvalue weighted by molar-refractivity contribution is 6.33. The van der Waals surface area contributed by atoms with Crippen molar-refractivity contribution in [1.29, 1.82) is 0 Å². The predicted molar refractivity (Wildman–Crippen MR) is 95.1 cm³/mol. The number of carbonyl (C=O) groups excluding carboxylic acids is 1. The molecule has 1 heterocycles. The van der Waals surface area contributed by atoms with Gasteiger partial charge in [-0.25, -0.2) is 14.8 Å². The Hall–Kier alpha value is -2.66. The summed E-state index contributed by atoms with van der Waals surface area (Å²) in [5, 5.41) is 4.49. The third-order valence-corrected chi connectivity index (χ3v) is 3.96. The van der Waals surface area contributed by atoms with Crippen molar-refractivity contribution in [2.45, 2.75) is 13.0 Å². The van der Waals surface area contributed by atoms with E-state index in [1.807, 2.05) is 42.5 Å². The minimum Gasteiger partial charge on any atom is -0.467 e. The molecule has 6 heteroatoms. The topological polar surface area (TPSA) is 64.1 Å². The average molecular weight is 342 g/mol. The fourth-order valence-electron chi connectivity index (χ4n) is 2.39. The van der Waals surface area contributed by atoms with Crippen LogP contribution in [0, 0.1) is 0 Å². The lowest BCUT2D eigenvalue weighted by Gasteiger charge is -2.15. The Morgan fingerprint density at radius 3 is 2.58 bits per heavy atom. The molecule has 0 amide bonds. The molecule has 2 aromatic carbocycles. The van der Waals surface area contributed by atoms with Gasteiger partial charge in [-0.3, -0.25) is 0 Å². The lowest BCUT2D eigenvalue weighted by Crippen LogP contribution is -2.27. The molecule has 3 aromatic rings. The summed E-state index contributed by atoms with van der Waals surface area (Å²) in [6, 6.07) is 14.4. The predicted octanol–water partition coefficient (Wildman–Crippen LogP) is 3.92. The van der Waals surface area contributed by atoms with Crippen molar-refractivity contribution in [3.05, 3.63) is 53.6 Å². The number of aromatic nitrogens is 2. The van der Waals surface area contributed by atoms with E-state index in [1.165, 1.54) is 7.11 Å². The Kier molecular flexibility index (Phi) is 4.62. The zero-order chi connectivity index (χ0) is 17.1. The fraction of sp³-hybridized carbons (Fsp3) is 0.167. The third-order valence-electron chi connectivity index (χ3n) is 3.63. The van der Waals surface area contributed by atoms with Gasteiger partial charge in [0.1, 0.15) is 11.9 Å². The van der Waals surface area contributed by atoms with E-state index in [0.717, 1.165) is 16.5 Å². The number of para-hydroxylation sites is 1. The number of nitrogens with zero attached hydrogens (tertiary/aromatic N) is 2.